The summed E-state index contributed by atoms with van der Waals surface area (Å²) in [6.45, 7) is 4.35. The molecule has 0 aromatic heterocycles. The smallest absolute Gasteiger partial charge is 0.00820 e. The second-order valence-electron chi connectivity index (χ2n) is 5.69. The molecular weight excluding hydrogens is 238 g/mol. The number of hydrogen-bond acceptors (Lipinski definition) is 2. The average molecular weight is 263 g/mol. The molecule has 0 saturated carbocycles. The minimum Gasteiger partial charge on any atom is -0.327 e. The van der Waals surface area contributed by atoms with Crippen molar-refractivity contribution in [2.75, 3.05) is 11.5 Å². The first kappa shape index (κ1) is 14.0. The van der Waals surface area contributed by atoms with Crippen LogP contribution in [0.2, 0.25) is 0 Å². The fourth-order valence-electron chi connectivity index (χ4n) is 2.80. The molecule has 1 nitrogen and oxygen atoms in total. The van der Waals surface area contributed by atoms with Crippen molar-refractivity contribution in [1.82, 2.24) is 0 Å². The first-order valence-corrected chi connectivity index (χ1v) is 8.20. The van der Waals surface area contributed by atoms with Crippen LogP contribution in [0.25, 0.3) is 0 Å². The van der Waals surface area contributed by atoms with Gasteiger partial charge in [-0.3, -0.25) is 0 Å². The average Bonchev–Trinajstić information content (AvgIpc) is 2.35. The van der Waals surface area contributed by atoms with Crippen LogP contribution in [0.5, 0.6) is 0 Å². The Morgan fingerprint density at radius 3 is 2.72 bits per heavy atom. The highest BCUT2D eigenvalue weighted by atomic mass is 32.2. The second-order valence-corrected chi connectivity index (χ2v) is 6.91. The maximum absolute atomic E-state index is 6.35. The summed E-state index contributed by atoms with van der Waals surface area (Å²) < 4.78 is 0. The molecule has 1 aliphatic rings. The minimum atomic E-state index is 0.332. The molecule has 0 spiro atoms. The van der Waals surface area contributed by atoms with E-state index in [1.54, 1.807) is 0 Å². The van der Waals surface area contributed by atoms with E-state index in [-0.39, 0.29) is 0 Å². The lowest BCUT2D eigenvalue weighted by Gasteiger charge is -2.24. The van der Waals surface area contributed by atoms with Crippen LogP contribution < -0.4 is 5.73 Å². The van der Waals surface area contributed by atoms with Gasteiger partial charge in [-0.2, -0.15) is 11.8 Å². The SMILES string of the molecule is Cc1ccc(C)c(CC(N)CC2CCSCC2)c1. The highest BCUT2D eigenvalue weighted by molar-refractivity contribution is 7.99. The van der Waals surface area contributed by atoms with Crippen LogP contribution in [0.1, 0.15) is 36.0 Å². The largest absolute Gasteiger partial charge is 0.327 e. The molecule has 1 heterocycles. The van der Waals surface area contributed by atoms with Crippen molar-refractivity contribution in [2.45, 2.75) is 45.6 Å². The van der Waals surface area contributed by atoms with Gasteiger partial charge in [-0.1, -0.05) is 23.8 Å². The molecular formula is C16H25NS. The van der Waals surface area contributed by atoms with Gasteiger partial charge in [0.25, 0.3) is 0 Å². The monoisotopic (exact) mass is 263 g/mol. The van der Waals surface area contributed by atoms with Crippen molar-refractivity contribution < 1.29 is 0 Å². The van der Waals surface area contributed by atoms with Gasteiger partial charge in [0.15, 0.2) is 0 Å². The van der Waals surface area contributed by atoms with Gasteiger partial charge in [0.05, 0.1) is 0 Å². The van der Waals surface area contributed by atoms with E-state index in [2.05, 4.69) is 43.8 Å². The van der Waals surface area contributed by atoms with E-state index in [4.69, 9.17) is 5.73 Å². The van der Waals surface area contributed by atoms with Crippen LogP contribution >= 0.6 is 11.8 Å². The lowest BCUT2D eigenvalue weighted by atomic mass is 9.90. The molecule has 100 valence electrons. The summed E-state index contributed by atoms with van der Waals surface area (Å²) in [4.78, 5) is 0. The molecule has 1 aromatic carbocycles. The maximum atomic E-state index is 6.35. The summed E-state index contributed by atoms with van der Waals surface area (Å²) in [5.41, 5.74) is 10.5. The molecule has 1 aromatic rings. The van der Waals surface area contributed by atoms with Crippen LogP contribution in [0.3, 0.4) is 0 Å². The van der Waals surface area contributed by atoms with E-state index < -0.39 is 0 Å². The number of benzene rings is 1. The zero-order valence-electron chi connectivity index (χ0n) is 11.6. The highest BCUT2D eigenvalue weighted by Gasteiger charge is 2.17. The molecule has 1 fully saturated rings. The third-order valence-corrected chi connectivity index (χ3v) is 5.01. The van der Waals surface area contributed by atoms with E-state index in [9.17, 15) is 0 Å². The molecule has 1 aliphatic heterocycles. The molecule has 1 saturated heterocycles. The molecule has 18 heavy (non-hydrogen) atoms. The normalized spacial score (nSPS) is 18.8. The highest BCUT2D eigenvalue weighted by Crippen LogP contribution is 2.27. The van der Waals surface area contributed by atoms with Crippen molar-refractivity contribution >= 4 is 11.8 Å². The van der Waals surface area contributed by atoms with Gasteiger partial charge >= 0.3 is 0 Å². The number of rotatable bonds is 4. The van der Waals surface area contributed by atoms with Crippen molar-refractivity contribution in [3.05, 3.63) is 34.9 Å². The van der Waals surface area contributed by atoms with E-state index in [0.717, 1.165) is 12.3 Å². The summed E-state index contributed by atoms with van der Waals surface area (Å²) in [6, 6.07) is 7.03. The summed E-state index contributed by atoms with van der Waals surface area (Å²) in [5.74, 6) is 3.54. The Labute approximate surface area is 116 Å². The molecule has 2 rings (SSSR count). The van der Waals surface area contributed by atoms with Crippen molar-refractivity contribution in [1.29, 1.82) is 0 Å². The fourth-order valence-corrected chi connectivity index (χ4v) is 4.00. The molecule has 0 amide bonds. The Balaban J connectivity index is 1.89. The standard InChI is InChI=1S/C16H25NS/c1-12-3-4-13(2)15(9-12)11-16(17)10-14-5-7-18-8-6-14/h3-4,9,14,16H,5-8,10-11,17H2,1-2H3. The first-order valence-electron chi connectivity index (χ1n) is 7.04. The van der Waals surface area contributed by atoms with Crippen LogP contribution in [0, 0.1) is 19.8 Å². The Hall–Kier alpha value is -0.470. The summed E-state index contributed by atoms with van der Waals surface area (Å²) >= 11 is 2.09. The van der Waals surface area contributed by atoms with Crippen LogP contribution in [-0.4, -0.2) is 17.5 Å². The summed E-state index contributed by atoms with van der Waals surface area (Å²) in [6.07, 6.45) is 4.97. The zero-order chi connectivity index (χ0) is 13.0. The Kier molecular flexibility index (Phi) is 5.13. The van der Waals surface area contributed by atoms with Crippen molar-refractivity contribution in [3.8, 4) is 0 Å². The molecule has 1 unspecified atom stereocenters. The third-order valence-electron chi connectivity index (χ3n) is 3.96. The topological polar surface area (TPSA) is 26.0 Å². The number of nitrogens with two attached hydrogens (primary N) is 1. The molecule has 0 bridgehead atoms. The molecule has 1 atom stereocenters. The van der Waals surface area contributed by atoms with Crippen LogP contribution in [-0.2, 0) is 6.42 Å². The molecule has 2 N–H and O–H groups in total. The van der Waals surface area contributed by atoms with Gasteiger partial charge in [0, 0.05) is 6.04 Å². The van der Waals surface area contributed by atoms with Crippen molar-refractivity contribution in [3.63, 3.8) is 0 Å². The minimum absolute atomic E-state index is 0.332. The Bertz CT molecular complexity index is 383. The third kappa shape index (κ3) is 4.03. The molecule has 2 heteroatoms. The summed E-state index contributed by atoms with van der Waals surface area (Å²) in [5, 5.41) is 0. The number of hydrogen-bond donors (Lipinski definition) is 1. The van der Waals surface area contributed by atoms with E-state index in [1.807, 2.05) is 0 Å². The van der Waals surface area contributed by atoms with E-state index in [1.165, 1.54) is 47.5 Å². The van der Waals surface area contributed by atoms with E-state index >= 15 is 0 Å². The lowest BCUT2D eigenvalue weighted by molar-refractivity contribution is 0.405. The Morgan fingerprint density at radius 2 is 2.00 bits per heavy atom. The first-order chi connectivity index (χ1) is 8.65. The van der Waals surface area contributed by atoms with Gasteiger partial charge in [-0.05, 0) is 68.1 Å². The van der Waals surface area contributed by atoms with Crippen LogP contribution in [0.4, 0.5) is 0 Å². The van der Waals surface area contributed by atoms with Crippen molar-refractivity contribution in [2.24, 2.45) is 11.7 Å². The van der Waals surface area contributed by atoms with Gasteiger partial charge in [0.1, 0.15) is 0 Å². The number of aryl methyl sites for hydroxylation is 2. The zero-order valence-corrected chi connectivity index (χ0v) is 12.4. The summed E-state index contributed by atoms with van der Waals surface area (Å²) in [7, 11) is 0. The van der Waals surface area contributed by atoms with Crippen LogP contribution in [0.15, 0.2) is 18.2 Å². The predicted molar refractivity (Wildman–Crippen MR) is 82.3 cm³/mol. The second kappa shape index (κ2) is 6.63. The molecule has 0 aliphatic carbocycles. The van der Waals surface area contributed by atoms with Gasteiger partial charge < -0.3 is 5.73 Å². The molecule has 0 radical (unpaired) electrons. The van der Waals surface area contributed by atoms with Gasteiger partial charge in [-0.25, -0.2) is 0 Å². The maximum Gasteiger partial charge on any atom is 0.00820 e. The van der Waals surface area contributed by atoms with Gasteiger partial charge in [-0.15, -0.1) is 0 Å². The Morgan fingerprint density at radius 1 is 1.28 bits per heavy atom. The number of thioether (sulfide) groups is 1. The predicted octanol–water partition coefficient (Wildman–Crippen LogP) is 3.71. The van der Waals surface area contributed by atoms with Gasteiger partial charge in [0.2, 0.25) is 0 Å². The van der Waals surface area contributed by atoms with E-state index in [0.29, 0.717) is 6.04 Å². The lowest BCUT2D eigenvalue weighted by Crippen LogP contribution is -2.28. The quantitative estimate of drug-likeness (QED) is 0.896. The fraction of sp³-hybridized carbons (Fsp3) is 0.625.